The fourth-order valence-electron chi connectivity index (χ4n) is 2.29. The number of fused-ring (bicyclic) bond motifs is 1. The van der Waals surface area contributed by atoms with Crippen molar-refractivity contribution in [3.05, 3.63) is 24.5 Å². The van der Waals surface area contributed by atoms with E-state index >= 15 is 0 Å². The fourth-order valence-corrected chi connectivity index (χ4v) is 2.29. The highest BCUT2D eigenvalue weighted by molar-refractivity contribution is 5.79. The predicted molar refractivity (Wildman–Crippen MR) is 62.2 cm³/mol. The Balaban J connectivity index is 2.05. The first kappa shape index (κ1) is 8.77. The third kappa shape index (κ3) is 1.39. The summed E-state index contributed by atoms with van der Waals surface area (Å²) in [6.45, 7) is 2.36. The minimum Gasteiger partial charge on any atom is -0.370 e. The van der Waals surface area contributed by atoms with Crippen molar-refractivity contribution in [1.29, 1.82) is 0 Å². The molecule has 3 heterocycles. The highest BCUT2D eigenvalue weighted by Gasteiger charge is 2.13. The molecular formula is C12H15N3. The van der Waals surface area contributed by atoms with E-state index in [-0.39, 0.29) is 0 Å². The monoisotopic (exact) mass is 201 g/mol. The maximum atomic E-state index is 4.51. The summed E-state index contributed by atoms with van der Waals surface area (Å²) < 4.78 is 2.06. The molecular weight excluding hydrogens is 186 g/mol. The number of aromatic nitrogens is 2. The van der Waals surface area contributed by atoms with Crippen molar-refractivity contribution in [1.82, 2.24) is 9.55 Å². The van der Waals surface area contributed by atoms with Crippen LogP contribution in [0.25, 0.3) is 11.0 Å². The summed E-state index contributed by atoms with van der Waals surface area (Å²) in [4.78, 5) is 6.92. The summed E-state index contributed by atoms with van der Waals surface area (Å²) in [6, 6.07) is 4.37. The molecule has 0 atom stereocenters. The minimum absolute atomic E-state index is 1.07. The predicted octanol–water partition coefficient (Wildman–Crippen LogP) is 2.17. The van der Waals surface area contributed by atoms with E-state index in [0.717, 1.165) is 5.65 Å². The second-order valence-electron chi connectivity index (χ2n) is 4.23. The second-order valence-corrected chi connectivity index (χ2v) is 4.23. The Morgan fingerprint density at radius 1 is 1.27 bits per heavy atom. The van der Waals surface area contributed by atoms with Gasteiger partial charge in [-0.15, -0.1) is 0 Å². The van der Waals surface area contributed by atoms with Crippen molar-refractivity contribution < 1.29 is 0 Å². The first-order valence-corrected chi connectivity index (χ1v) is 5.50. The van der Waals surface area contributed by atoms with Crippen LogP contribution in [0, 0.1) is 0 Å². The summed E-state index contributed by atoms with van der Waals surface area (Å²) in [5.41, 5.74) is 2.34. The Bertz CT molecular complexity index is 481. The lowest BCUT2D eigenvalue weighted by molar-refractivity contribution is 0.939. The molecule has 78 valence electrons. The lowest BCUT2D eigenvalue weighted by atomic mass is 10.3. The normalized spacial score (nSPS) is 16.5. The van der Waals surface area contributed by atoms with Gasteiger partial charge in [0.2, 0.25) is 0 Å². The van der Waals surface area contributed by atoms with Crippen molar-refractivity contribution in [3.63, 3.8) is 0 Å². The van der Waals surface area contributed by atoms with E-state index in [2.05, 4.69) is 32.8 Å². The molecule has 1 aliphatic rings. The van der Waals surface area contributed by atoms with Crippen LogP contribution in [0.4, 0.5) is 5.69 Å². The molecule has 0 bridgehead atoms. The van der Waals surface area contributed by atoms with Crippen LogP contribution in [0.3, 0.4) is 0 Å². The molecule has 0 radical (unpaired) electrons. The molecule has 0 spiro atoms. The molecule has 3 heteroatoms. The SMILES string of the molecule is Cn1ccc2cc(N3CCCC3)cnc21. The number of hydrogen-bond donors (Lipinski definition) is 0. The van der Waals surface area contributed by atoms with Crippen LogP contribution >= 0.6 is 0 Å². The third-order valence-corrected chi connectivity index (χ3v) is 3.16. The van der Waals surface area contributed by atoms with Gasteiger partial charge in [0.05, 0.1) is 11.9 Å². The number of pyridine rings is 1. The zero-order chi connectivity index (χ0) is 10.3. The second kappa shape index (κ2) is 3.26. The molecule has 0 aromatic carbocycles. The van der Waals surface area contributed by atoms with Gasteiger partial charge in [-0.2, -0.15) is 0 Å². The van der Waals surface area contributed by atoms with Gasteiger partial charge in [-0.25, -0.2) is 4.98 Å². The van der Waals surface area contributed by atoms with E-state index in [1.165, 1.54) is 37.0 Å². The van der Waals surface area contributed by atoms with Crippen LogP contribution in [0.15, 0.2) is 24.5 Å². The molecule has 2 aromatic heterocycles. The van der Waals surface area contributed by atoms with E-state index in [0.29, 0.717) is 0 Å². The summed E-state index contributed by atoms with van der Waals surface area (Å²) in [5, 5.41) is 1.24. The van der Waals surface area contributed by atoms with Gasteiger partial charge in [-0.3, -0.25) is 0 Å². The smallest absolute Gasteiger partial charge is 0.139 e. The van der Waals surface area contributed by atoms with E-state index in [4.69, 9.17) is 0 Å². The molecule has 0 aliphatic carbocycles. The van der Waals surface area contributed by atoms with Gasteiger partial charge >= 0.3 is 0 Å². The highest BCUT2D eigenvalue weighted by atomic mass is 15.1. The topological polar surface area (TPSA) is 21.1 Å². The molecule has 0 N–H and O–H groups in total. The van der Waals surface area contributed by atoms with Crippen LogP contribution < -0.4 is 4.90 Å². The molecule has 1 aliphatic heterocycles. The van der Waals surface area contributed by atoms with E-state index in [1.54, 1.807) is 0 Å². The van der Waals surface area contributed by atoms with Crippen LogP contribution in [-0.2, 0) is 7.05 Å². The van der Waals surface area contributed by atoms with E-state index in [1.807, 2.05) is 13.2 Å². The van der Waals surface area contributed by atoms with Crippen molar-refractivity contribution in [2.45, 2.75) is 12.8 Å². The van der Waals surface area contributed by atoms with Gasteiger partial charge in [0.15, 0.2) is 0 Å². The number of nitrogens with zero attached hydrogens (tertiary/aromatic N) is 3. The molecule has 3 rings (SSSR count). The number of hydrogen-bond acceptors (Lipinski definition) is 2. The Hall–Kier alpha value is -1.51. The lowest BCUT2D eigenvalue weighted by Gasteiger charge is -2.16. The van der Waals surface area contributed by atoms with E-state index < -0.39 is 0 Å². The Morgan fingerprint density at radius 2 is 2.07 bits per heavy atom. The zero-order valence-electron chi connectivity index (χ0n) is 8.98. The van der Waals surface area contributed by atoms with Gasteiger partial charge in [0, 0.05) is 31.7 Å². The van der Waals surface area contributed by atoms with Gasteiger partial charge in [-0.1, -0.05) is 0 Å². The Labute approximate surface area is 89.3 Å². The average Bonchev–Trinajstić information content (AvgIpc) is 2.88. The van der Waals surface area contributed by atoms with Crippen LogP contribution in [0.2, 0.25) is 0 Å². The summed E-state index contributed by atoms with van der Waals surface area (Å²) >= 11 is 0. The van der Waals surface area contributed by atoms with Gasteiger partial charge in [0.1, 0.15) is 5.65 Å². The van der Waals surface area contributed by atoms with E-state index in [9.17, 15) is 0 Å². The summed E-state index contributed by atoms with van der Waals surface area (Å²) in [7, 11) is 2.03. The summed E-state index contributed by atoms with van der Waals surface area (Å²) in [5.74, 6) is 0. The first-order valence-electron chi connectivity index (χ1n) is 5.50. The molecule has 0 amide bonds. The van der Waals surface area contributed by atoms with Crippen LogP contribution in [0.5, 0.6) is 0 Å². The van der Waals surface area contributed by atoms with Crippen molar-refractivity contribution in [3.8, 4) is 0 Å². The molecule has 0 saturated carbocycles. The molecule has 1 saturated heterocycles. The quantitative estimate of drug-likeness (QED) is 0.705. The molecule has 1 fully saturated rings. The highest BCUT2D eigenvalue weighted by Crippen LogP contribution is 2.23. The Kier molecular flexibility index (Phi) is 1.91. The minimum atomic E-state index is 1.07. The first-order chi connectivity index (χ1) is 7.34. The summed E-state index contributed by atoms with van der Waals surface area (Å²) in [6.07, 6.45) is 6.68. The maximum Gasteiger partial charge on any atom is 0.139 e. The maximum absolute atomic E-state index is 4.51. The third-order valence-electron chi connectivity index (χ3n) is 3.16. The lowest BCUT2D eigenvalue weighted by Crippen LogP contribution is -2.17. The molecule has 15 heavy (non-hydrogen) atoms. The number of aryl methyl sites for hydroxylation is 1. The number of anilines is 1. The Morgan fingerprint density at radius 3 is 2.87 bits per heavy atom. The molecule has 3 nitrogen and oxygen atoms in total. The van der Waals surface area contributed by atoms with Gasteiger partial charge < -0.3 is 9.47 Å². The standard InChI is InChI=1S/C12H15N3/c1-14-7-4-10-8-11(9-13-12(10)14)15-5-2-3-6-15/h4,7-9H,2-3,5-6H2,1H3. The zero-order valence-corrected chi connectivity index (χ0v) is 8.98. The number of rotatable bonds is 1. The van der Waals surface area contributed by atoms with Crippen molar-refractivity contribution >= 4 is 16.7 Å². The molecule has 0 unspecified atom stereocenters. The molecule has 2 aromatic rings. The fraction of sp³-hybridized carbons (Fsp3) is 0.417. The van der Waals surface area contributed by atoms with Gasteiger partial charge in [0.25, 0.3) is 0 Å². The van der Waals surface area contributed by atoms with Crippen molar-refractivity contribution in [2.75, 3.05) is 18.0 Å². The van der Waals surface area contributed by atoms with Crippen LogP contribution in [-0.4, -0.2) is 22.6 Å². The van der Waals surface area contributed by atoms with Crippen LogP contribution in [0.1, 0.15) is 12.8 Å². The van der Waals surface area contributed by atoms with Crippen molar-refractivity contribution in [2.24, 2.45) is 7.05 Å². The van der Waals surface area contributed by atoms with Gasteiger partial charge in [-0.05, 0) is 25.0 Å². The average molecular weight is 201 g/mol. The largest absolute Gasteiger partial charge is 0.370 e.